The van der Waals surface area contributed by atoms with Crippen LogP contribution in [-0.4, -0.2) is 27.3 Å². The summed E-state index contributed by atoms with van der Waals surface area (Å²) >= 11 is 1.65. The Balaban J connectivity index is 1.49. The van der Waals surface area contributed by atoms with Gasteiger partial charge in [-0.2, -0.15) is 0 Å². The Morgan fingerprint density at radius 2 is 2.09 bits per heavy atom. The van der Waals surface area contributed by atoms with E-state index in [0.717, 1.165) is 34.8 Å². The molecule has 4 nitrogen and oxygen atoms in total. The molecule has 0 atom stereocenters. The molecule has 118 valence electrons. The maximum atomic E-state index is 12.0. The molecule has 2 aromatic rings. The van der Waals surface area contributed by atoms with E-state index in [-0.39, 0.29) is 5.91 Å². The standard InChI is InChI=1S/C17H23N3OS/c1-20-15-10-6-5-9-14(15)19-17(20)22-12-11-16(21)18-13-7-3-2-4-8-13/h5-6,9-10,13H,2-4,7-8,11-12H2,1H3,(H,18,21). The Labute approximate surface area is 135 Å². The molecule has 3 rings (SSSR count). The molecule has 1 saturated carbocycles. The third-order valence-corrected chi connectivity index (χ3v) is 5.31. The van der Waals surface area contributed by atoms with Crippen molar-refractivity contribution in [1.29, 1.82) is 0 Å². The maximum absolute atomic E-state index is 12.0. The number of para-hydroxylation sites is 2. The van der Waals surface area contributed by atoms with Crippen LogP contribution in [0.25, 0.3) is 11.0 Å². The highest BCUT2D eigenvalue weighted by molar-refractivity contribution is 7.99. The number of benzene rings is 1. The van der Waals surface area contributed by atoms with Gasteiger partial charge in [0.15, 0.2) is 5.16 Å². The molecular formula is C17H23N3OS. The van der Waals surface area contributed by atoms with E-state index in [9.17, 15) is 4.79 Å². The molecule has 1 fully saturated rings. The molecule has 1 aromatic heterocycles. The Kier molecular flexibility index (Phi) is 5.03. The molecule has 0 bridgehead atoms. The van der Waals surface area contributed by atoms with E-state index in [1.54, 1.807) is 11.8 Å². The summed E-state index contributed by atoms with van der Waals surface area (Å²) in [5.74, 6) is 0.952. The van der Waals surface area contributed by atoms with E-state index in [0.29, 0.717) is 12.5 Å². The van der Waals surface area contributed by atoms with Gasteiger partial charge in [-0.05, 0) is 25.0 Å². The number of aryl methyl sites for hydroxylation is 1. The van der Waals surface area contributed by atoms with Gasteiger partial charge in [-0.25, -0.2) is 4.98 Å². The summed E-state index contributed by atoms with van der Waals surface area (Å²) in [7, 11) is 2.03. The van der Waals surface area contributed by atoms with E-state index in [4.69, 9.17) is 0 Å². The topological polar surface area (TPSA) is 46.9 Å². The molecular weight excluding hydrogens is 294 g/mol. The van der Waals surface area contributed by atoms with Crippen molar-refractivity contribution in [1.82, 2.24) is 14.9 Å². The van der Waals surface area contributed by atoms with Gasteiger partial charge in [0.25, 0.3) is 0 Å². The highest BCUT2D eigenvalue weighted by atomic mass is 32.2. The number of amides is 1. The average molecular weight is 317 g/mol. The van der Waals surface area contributed by atoms with Gasteiger partial charge >= 0.3 is 0 Å². The van der Waals surface area contributed by atoms with Gasteiger partial charge in [0.2, 0.25) is 5.91 Å². The summed E-state index contributed by atoms with van der Waals surface area (Å²) in [6.45, 7) is 0. The smallest absolute Gasteiger partial charge is 0.221 e. The minimum absolute atomic E-state index is 0.179. The number of nitrogens with one attached hydrogen (secondary N) is 1. The Morgan fingerprint density at radius 1 is 1.32 bits per heavy atom. The highest BCUT2D eigenvalue weighted by Gasteiger charge is 2.15. The fourth-order valence-electron chi connectivity index (χ4n) is 3.03. The zero-order valence-corrected chi connectivity index (χ0v) is 13.9. The number of imidazole rings is 1. The van der Waals surface area contributed by atoms with Crippen molar-refractivity contribution in [3.63, 3.8) is 0 Å². The molecule has 5 heteroatoms. The van der Waals surface area contributed by atoms with Gasteiger partial charge in [0.05, 0.1) is 11.0 Å². The molecule has 0 saturated heterocycles. The number of nitrogens with zero attached hydrogens (tertiary/aromatic N) is 2. The molecule has 1 N–H and O–H groups in total. The number of carbonyl (C=O) groups is 1. The number of rotatable bonds is 5. The number of hydrogen-bond donors (Lipinski definition) is 1. The maximum Gasteiger partial charge on any atom is 0.221 e. The summed E-state index contributed by atoms with van der Waals surface area (Å²) in [5, 5.41) is 4.15. The van der Waals surface area contributed by atoms with Crippen LogP contribution in [-0.2, 0) is 11.8 Å². The SMILES string of the molecule is Cn1c(SCCC(=O)NC2CCCCC2)nc2ccccc21. The second-order valence-electron chi connectivity index (χ2n) is 5.94. The van der Waals surface area contributed by atoms with Gasteiger partial charge in [-0.3, -0.25) is 4.79 Å². The van der Waals surface area contributed by atoms with Crippen molar-refractivity contribution >= 4 is 28.7 Å². The van der Waals surface area contributed by atoms with Crippen molar-refractivity contribution in [3.05, 3.63) is 24.3 Å². The zero-order valence-electron chi connectivity index (χ0n) is 13.0. The second-order valence-corrected chi connectivity index (χ2v) is 7.01. The lowest BCUT2D eigenvalue weighted by Crippen LogP contribution is -2.36. The van der Waals surface area contributed by atoms with Gasteiger partial charge in [-0.1, -0.05) is 43.2 Å². The van der Waals surface area contributed by atoms with Crippen molar-refractivity contribution in [3.8, 4) is 0 Å². The zero-order chi connectivity index (χ0) is 15.4. The van der Waals surface area contributed by atoms with Crippen molar-refractivity contribution in [2.24, 2.45) is 7.05 Å². The molecule has 0 spiro atoms. The molecule has 1 aromatic carbocycles. The summed E-state index contributed by atoms with van der Waals surface area (Å²) < 4.78 is 2.10. The minimum Gasteiger partial charge on any atom is -0.353 e. The van der Waals surface area contributed by atoms with Crippen LogP contribution in [0.15, 0.2) is 29.4 Å². The monoisotopic (exact) mass is 317 g/mol. The van der Waals surface area contributed by atoms with E-state index in [1.807, 2.05) is 25.2 Å². The van der Waals surface area contributed by atoms with Gasteiger partial charge in [0, 0.05) is 25.3 Å². The quantitative estimate of drug-likeness (QED) is 0.859. The van der Waals surface area contributed by atoms with Crippen LogP contribution in [0.2, 0.25) is 0 Å². The van der Waals surface area contributed by atoms with Crippen LogP contribution in [0.3, 0.4) is 0 Å². The van der Waals surface area contributed by atoms with E-state index in [1.165, 1.54) is 19.3 Å². The largest absolute Gasteiger partial charge is 0.353 e. The number of fused-ring (bicyclic) bond motifs is 1. The first kappa shape index (κ1) is 15.4. The third kappa shape index (κ3) is 3.64. The highest BCUT2D eigenvalue weighted by Crippen LogP contribution is 2.23. The lowest BCUT2D eigenvalue weighted by atomic mass is 9.95. The second kappa shape index (κ2) is 7.18. The Bertz CT molecular complexity index is 646. The number of carbonyl (C=O) groups excluding carboxylic acids is 1. The first-order valence-electron chi connectivity index (χ1n) is 8.07. The number of hydrogen-bond acceptors (Lipinski definition) is 3. The number of aromatic nitrogens is 2. The van der Waals surface area contributed by atoms with Crippen LogP contribution < -0.4 is 5.32 Å². The van der Waals surface area contributed by atoms with E-state index in [2.05, 4.69) is 20.9 Å². The summed E-state index contributed by atoms with van der Waals surface area (Å²) in [6, 6.07) is 8.52. The molecule has 1 amide bonds. The number of thioether (sulfide) groups is 1. The summed E-state index contributed by atoms with van der Waals surface area (Å²) in [4.78, 5) is 16.6. The average Bonchev–Trinajstić information content (AvgIpc) is 2.85. The Morgan fingerprint density at radius 3 is 2.86 bits per heavy atom. The minimum atomic E-state index is 0.179. The molecule has 0 aliphatic heterocycles. The molecule has 0 unspecified atom stereocenters. The van der Waals surface area contributed by atoms with Crippen LogP contribution in [0.4, 0.5) is 0 Å². The molecule has 1 aliphatic rings. The summed E-state index contributed by atoms with van der Waals surface area (Å²) in [6.07, 6.45) is 6.66. The fraction of sp³-hybridized carbons (Fsp3) is 0.529. The van der Waals surface area contributed by atoms with Gasteiger partial charge in [-0.15, -0.1) is 0 Å². The van der Waals surface area contributed by atoms with Crippen LogP contribution in [0, 0.1) is 0 Å². The van der Waals surface area contributed by atoms with Crippen LogP contribution in [0.1, 0.15) is 38.5 Å². The Hall–Kier alpha value is -1.49. The van der Waals surface area contributed by atoms with Crippen molar-refractivity contribution in [2.75, 3.05) is 5.75 Å². The van der Waals surface area contributed by atoms with Crippen LogP contribution >= 0.6 is 11.8 Å². The normalized spacial score (nSPS) is 16.0. The fourth-order valence-corrected chi connectivity index (χ4v) is 3.96. The van der Waals surface area contributed by atoms with E-state index < -0.39 is 0 Å². The van der Waals surface area contributed by atoms with Gasteiger partial charge in [0.1, 0.15) is 0 Å². The lowest BCUT2D eigenvalue weighted by Gasteiger charge is -2.22. The molecule has 1 heterocycles. The van der Waals surface area contributed by atoms with Crippen molar-refractivity contribution < 1.29 is 4.79 Å². The first-order valence-corrected chi connectivity index (χ1v) is 9.06. The predicted molar refractivity (Wildman–Crippen MR) is 91.1 cm³/mol. The van der Waals surface area contributed by atoms with Crippen molar-refractivity contribution in [2.45, 2.75) is 49.7 Å². The predicted octanol–water partition coefficient (Wildman–Crippen LogP) is 3.50. The van der Waals surface area contributed by atoms with Gasteiger partial charge < -0.3 is 9.88 Å². The molecule has 22 heavy (non-hydrogen) atoms. The lowest BCUT2D eigenvalue weighted by molar-refractivity contribution is -0.121. The summed E-state index contributed by atoms with van der Waals surface area (Å²) in [5.41, 5.74) is 2.15. The molecule has 1 aliphatic carbocycles. The third-order valence-electron chi connectivity index (χ3n) is 4.28. The van der Waals surface area contributed by atoms with E-state index >= 15 is 0 Å². The van der Waals surface area contributed by atoms with Crippen LogP contribution in [0.5, 0.6) is 0 Å². The first-order chi connectivity index (χ1) is 10.7. The molecule has 0 radical (unpaired) electrons.